The number of benzene rings is 1. The van der Waals surface area contributed by atoms with Crippen molar-refractivity contribution in [3.8, 4) is 11.5 Å². The number of aromatic nitrogens is 1. The average Bonchev–Trinajstić information content (AvgIpc) is 3.02. The Bertz CT molecular complexity index is 699. The summed E-state index contributed by atoms with van der Waals surface area (Å²) in [6.45, 7) is 0.819. The van der Waals surface area contributed by atoms with Gasteiger partial charge in [-0.1, -0.05) is 6.07 Å². The molecule has 0 spiro atoms. The van der Waals surface area contributed by atoms with Gasteiger partial charge >= 0.3 is 0 Å². The molecule has 1 aromatic heterocycles. The summed E-state index contributed by atoms with van der Waals surface area (Å²) in [5, 5.41) is 2.90. The van der Waals surface area contributed by atoms with Crippen LogP contribution in [0.1, 0.15) is 15.9 Å². The van der Waals surface area contributed by atoms with Gasteiger partial charge in [0.05, 0.1) is 5.56 Å². The van der Waals surface area contributed by atoms with Gasteiger partial charge in [0.15, 0.2) is 11.5 Å². The highest BCUT2D eigenvalue weighted by atomic mass is 16.7. The molecule has 0 radical (unpaired) electrons. The molecule has 6 nitrogen and oxygen atoms in total. The van der Waals surface area contributed by atoms with E-state index in [1.807, 2.05) is 43.3 Å². The molecule has 0 bridgehead atoms. The predicted molar refractivity (Wildman–Crippen MR) is 87.2 cm³/mol. The molecular weight excluding hydrogens is 294 g/mol. The first-order valence-corrected chi connectivity index (χ1v) is 7.43. The number of fused-ring (bicyclic) bond motifs is 1. The van der Waals surface area contributed by atoms with Crippen LogP contribution in [0.5, 0.6) is 11.5 Å². The molecule has 2 heterocycles. The van der Waals surface area contributed by atoms with Gasteiger partial charge in [-0.2, -0.15) is 0 Å². The Morgan fingerprint density at radius 1 is 1.22 bits per heavy atom. The molecule has 23 heavy (non-hydrogen) atoms. The number of rotatable bonds is 5. The Balaban J connectivity index is 1.53. The van der Waals surface area contributed by atoms with Crippen LogP contribution in [0.3, 0.4) is 0 Å². The molecule has 1 N–H and O–H groups in total. The van der Waals surface area contributed by atoms with Gasteiger partial charge in [-0.15, -0.1) is 0 Å². The Kier molecular flexibility index (Phi) is 4.32. The van der Waals surface area contributed by atoms with Crippen molar-refractivity contribution in [2.24, 2.45) is 0 Å². The Morgan fingerprint density at radius 2 is 2.04 bits per heavy atom. The number of hydrogen-bond acceptors (Lipinski definition) is 5. The van der Waals surface area contributed by atoms with Gasteiger partial charge in [0.1, 0.15) is 5.82 Å². The molecule has 1 aromatic carbocycles. The van der Waals surface area contributed by atoms with Crippen LogP contribution in [0, 0.1) is 0 Å². The van der Waals surface area contributed by atoms with E-state index >= 15 is 0 Å². The van der Waals surface area contributed by atoms with Crippen LogP contribution < -0.4 is 19.7 Å². The summed E-state index contributed by atoms with van der Waals surface area (Å²) in [6, 6.07) is 9.42. The molecule has 2 aromatic rings. The zero-order chi connectivity index (χ0) is 16.2. The molecule has 0 aliphatic carbocycles. The lowest BCUT2D eigenvalue weighted by atomic mass is 10.1. The minimum absolute atomic E-state index is 0.122. The summed E-state index contributed by atoms with van der Waals surface area (Å²) in [7, 11) is 3.82. The number of pyridine rings is 1. The van der Waals surface area contributed by atoms with Gasteiger partial charge in [-0.25, -0.2) is 4.98 Å². The summed E-state index contributed by atoms with van der Waals surface area (Å²) in [4.78, 5) is 18.2. The van der Waals surface area contributed by atoms with Gasteiger partial charge in [0.2, 0.25) is 6.79 Å². The third-order valence-electron chi connectivity index (χ3n) is 3.60. The maximum absolute atomic E-state index is 12.1. The van der Waals surface area contributed by atoms with Crippen molar-refractivity contribution in [2.75, 3.05) is 32.3 Å². The average molecular weight is 313 g/mol. The zero-order valence-electron chi connectivity index (χ0n) is 13.2. The molecule has 1 aliphatic rings. The maximum atomic E-state index is 12.1. The van der Waals surface area contributed by atoms with E-state index in [1.165, 1.54) is 0 Å². The number of anilines is 1. The van der Waals surface area contributed by atoms with Crippen molar-refractivity contribution in [2.45, 2.75) is 6.42 Å². The first-order chi connectivity index (χ1) is 11.1. The summed E-state index contributed by atoms with van der Waals surface area (Å²) in [5.74, 6) is 2.23. The molecule has 0 atom stereocenters. The van der Waals surface area contributed by atoms with E-state index in [1.54, 1.807) is 12.3 Å². The first-order valence-electron chi connectivity index (χ1n) is 7.43. The van der Waals surface area contributed by atoms with Gasteiger partial charge in [-0.05, 0) is 36.2 Å². The highest BCUT2D eigenvalue weighted by Gasteiger charge is 2.13. The van der Waals surface area contributed by atoms with Crippen molar-refractivity contribution in [1.29, 1.82) is 0 Å². The molecule has 0 fully saturated rings. The quantitative estimate of drug-likeness (QED) is 0.912. The fourth-order valence-electron chi connectivity index (χ4n) is 2.30. The van der Waals surface area contributed by atoms with Crippen LogP contribution in [0.2, 0.25) is 0 Å². The Hall–Kier alpha value is -2.76. The number of nitrogens with one attached hydrogen (secondary N) is 1. The molecule has 3 rings (SSSR count). The predicted octanol–water partition coefficient (Wildman–Crippen LogP) is 1.85. The Morgan fingerprint density at radius 3 is 2.78 bits per heavy atom. The van der Waals surface area contributed by atoms with Crippen LogP contribution >= 0.6 is 0 Å². The van der Waals surface area contributed by atoms with Crippen molar-refractivity contribution in [1.82, 2.24) is 10.3 Å². The lowest BCUT2D eigenvalue weighted by Gasteiger charge is -2.11. The monoisotopic (exact) mass is 313 g/mol. The minimum atomic E-state index is -0.122. The zero-order valence-corrected chi connectivity index (χ0v) is 13.2. The van der Waals surface area contributed by atoms with E-state index in [-0.39, 0.29) is 12.7 Å². The lowest BCUT2D eigenvalue weighted by Crippen LogP contribution is -2.26. The molecule has 1 aliphatic heterocycles. The first kappa shape index (κ1) is 15.1. The fraction of sp³-hybridized carbons (Fsp3) is 0.294. The van der Waals surface area contributed by atoms with Crippen LogP contribution in [-0.2, 0) is 6.42 Å². The van der Waals surface area contributed by atoms with Crippen molar-refractivity contribution < 1.29 is 14.3 Å². The number of amides is 1. The van der Waals surface area contributed by atoms with Crippen LogP contribution in [-0.4, -0.2) is 38.3 Å². The molecule has 0 saturated heterocycles. The van der Waals surface area contributed by atoms with Gasteiger partial charge < -0.3 is 19.7 Å². The van der Waals surface area contributed by atoms with Crippen molar-refractivity contribution in [3.05, 3.63) is 47.7 Å². The summed E-state index contributed by atoms with van der Waals surface area (Å²) in [6.07, 6.45) is 2.32. The molecule has 120 valence electrons. The topological polar surface area (TPSA) is 63.7 Å². The van der Waals surface area contributed by atoms with Crippen LogP contribution in [0.15, 0.2) is 36.5 Å². The van der Waals surface area contributed by atoms with E-state index in [0.29, 0.717) is 12.1 Å². The summed E-state index contributed by atoms with van der Waals surface area (Å²) < 4.78 is 10.6. The number of ether oxygens (including phenoxy) is 2. The lowest BCUT2D eigenvalue weighted by molar-refractivity contribution is 0.0954. The SMILES string of the molecule is CN(C)c1ccc(C(=O)NCCc2ccc3c(c2)OCO3)cn1. The molecule has 6 heteroatoms. The van der Waals surface area contributed by atoms with Crippen molar-refractivity contribution >= 4 is 11.7 Å². The third kappa shape index (κ3) is 3.53. The van der Waals surface area contributed by atoms with Crippen LogP contribution in [0.4, 0.5) is 5.82 Å². The van der Waals surface area contributed by atoms with Gasteiger partial charge in [-0.3, -0.25) is 4.79 Å². The van der Waals surface area contributed by atoms with Crippen LogP contribution in [0.25, 0.3) is 0 Å². The number of carbonyl (C=O) groups is 1. The number of carbonyl (C=O) groups excluding carboxylic acids is 1. The fourth-order valence-corrected chi connectivity index (χ4v) is 2.30. The Labute approximate surface area is 135 Å². The maximum Gasteiger partial charge on any atom is 0.252 e. The highest BCUT2D eigenvalue weighted by Crippen LogP contribution is 2.32. The van der Waals surface area contributed by atoms with E-state index < -0.39 is 0 Å². The normalized spacial score (nSPS) is 12.1. The van der Waals surface area contributed by atoms with E-state index in [0.717, 1.165) is 29.3 Å². The van der Waals surface area contributed by atoms with E-state index in [2.05, 4.69) is 10.3 Å². The second-order valence-electron chi connectivity index (χ2n) is 5.49. The molecule has 1 amide bonds. The van der Waals surface area contributed by atoms with Gasteiger partial charge in [0, 0.05) is 26.8 Å². The summed E-state index contributed by atoms with van der Waals surface area (Å²) >= 11 is 0. The highest BCUT2D eigenvalue weighted by molar-refractivity contribution is 5.94. The van der Waals surface area contributed by atoms with Crippen molar-refractivity contribution in [3.63, 3.8) is 0 Å². The number of nitrogens with zero attached hydrogens (tertiary/aromatic N) is 2. The minimum Gasteiger partial charge on any atom is -0.454 e. The second-order valence-corrected chi connectivity index (χ2v) is 5.49. The number of hydrogen-bond donors (Lipinski definition) is 1. The standard InChI is InChI=1S/C17H19N3O3/c1-20(2)16-6-4-13(10-19-16)17(21)18-8-7-12-3-5-14-15(9-12)23-11-22-14/h3-6,9-10H,7-8,11H2,1-2H3,(H,18,21). The second kappa shape index (κ2) is 6.56. The molecule has 0 saturated carbocycles. The van der Waals surface area contributed by atoms with Gasteiger partial charge in [0.25, 0.3) is 5.91 Å². The largest absolute Gasteiger partial charge is 0.454 e. The molecular formula is C17H19N3O3. The summed E-state index contributed by atoms with van der Waals surface area (Å²) in [5.41, 5.74) is 1.65. The third-order valence-corrected chi connectivity index (χ3v) is 3.60. The smallest absolute Gasteiger partial charge is 0.252 e. The van der Waals surface area contributed by atoms with E-state index in [4.69, 9.17) is 9.47 Å². The van der Waals surface area contributed by atoms with E-state index in [9.17, 15) is 4.79 Å². The molecule has 0 unspecified atom stereocenters.